The summed E-state index contributed by atoms with van der Waals surface area (Å²) in [6, 6.07) is 8.90. The third-order valence-electron chi connectivity index (χ3n) is 2.63. The molecule has 4 N–H and O–H groups in total. The van der Waals surface area contributed by atoms with Crippen molar-refractivity contribution in [2.75, 3.05) is 6.54 Å². The second kappa shape index (κ2) is 4.47. The summed E-state index contributed by atoms with van der Waals surface area (Å²) in [5, 5.41) is 4.62. The Balaban J connectivity index is 2.08. The number of H-pyrrole nitrogens is 1. The topological polar surface area (TPSA) is 53.8 Å². The average molecular weight is 203 g/mol. The van der Waals surface area contributed by atoms with E-state index < -0.39 is 0 Å². The molecule has 0 radical (unpaired) electrons. The molecule has 0 bridgehead atoms. The lowest BCUT2D eigenvalue weighted by Crippen LogP contribution is -2.32. The molecule has 0 aliphatic heterocycles. The highest BCUT2D eigenvalue weighted by Gasteiger charge is 2.00. The number of aromatic nitrogens is 1. The number of hydrogen-bond acceptors (Lipinski definition) is 2. The summed E-state index contributed by atoms with van der Waals surface area (Å²) in [7, 11) is 0. The molecule has 1 atom stereocenters. The molecular weight excluding hydrogens is 186 g/mol. The van der Waals surface area contributed by atoms with Crippen molar-refractivity contribution in [2.24, 2.45) is 5.73 Å². The minimum absolute atomic E-state index is 0.365. The molecule has 2 aromatic rings. The van der Waals surface area contributed by atoms with Gasteiger partial charge < -0.3 is 16.0 Å². The molecule has 2 rings (SSSR count). The number of hydrogen-bond donors (Lipinski definition) is 3. The molecule has 15 heavy (non-hydrogen) atoms. The monoisotopic (exact) mass is 203 g/mol. The minimum Gasteiger partial charge on any atom is -0.361 e. The first-order chi connectivity index (χ1) is 7.29. The van der Waals surface area contributed by atoms with Crippen LogP contribution in [0.5, 0.6) is 0 Å². The van der Waals surface area contributed by atoms with E-state index in [0.29, 0.717) is 12.6 Å². The lowest BCUT2D eigenvalue weighted by atomic mass is 10.1. The van der Waals surface area contributed by atoms with E-state index >= 15 is 0 Å². The van der Waals surface area contributed by atoms with Gasteiger partial charge in [-0.25, -0.2) is 0 Å². The molecule has 0 spiro atoms. The van der Waals surface area contributed by atoms with Gasteiger partial charge in [-0.05, 0) is 30.0 Å². The van der Waals surface area contributed by atoms with Crippen LogP contribution in [0.4, 0.5) is 0 Å². The predicted molar refractivity (Wildman–Crippen MR) is 63.7 cm³/mol. The molecule has 80 valence electrons. The zero-order valence-corrected chi connectivity index (χ0v) is 8.96. The fourth-order valence-corrected chi connectivity index (χ4v) is 1.58. The quantitative estimate of drug-likeness (QED) is 0.707. The van der Waals surface area contributed by atoms with Crippen molar-refractivity contribution in [2.45, 2.75) is 19.5 Å². The molecule has 1 aromatic heterocycles. The summed E-state index contributed by atoms with van der Waals surface area (Å²) in [4.78, 5) is 3.21. The van der Waals surface area contributed by atoms with Gasteiger partial charge in [0.2, 0.25) is 0 Å². The summed E-state index contributed by atoms with van der Waals surface area (Å²) >= 11 is 0. The van der Waals surface area contributed by atoms with E-state index in [1.54, 1.807) is 0 Å². The highest BCUT2D eigenvalue weighted by Crippen LogP contribution is 2.13. The molecule has 0 fully saturated rings. The maximum atomic E-state index is 5.54. The van der Waals surface area contributed by atoms with Crippen LogP contribution in [-0.4, -0.2) is 17.6 Å². The fourth-order valence-electron chi connectivity index (χ4n) is 1.58. The van der Waals surface area contributed by atoms with Crippen molar-refractivity contribution in [3.63, 3.8) is 0 Å². The molecule has 0 saturated heterocycles. The van der Waals surface area contributed by atoms with Gasteiger partial charge in [-0.2, -0.15) is 0 Å². The van der Waals surface area contributed by atoms with E-state index in [1.165, 1.54) is 16.5 Å². The van der Waals surface area contributed by atoms with Crippen molar-refractivity contribution >= 4 is 10.9 Å². The van der Waals surface area contributed by atoms with Crippen molar-refractivity contribution < 1.29 is 0 Å². The van der Waals surface area contributed by atoms with E-state index in [4.69, 9.17) is 5.73 Å². The second-order valence-electron chi connectivity index (χ2n) is 3.92. The van der Waals surface area contributed by atoms with Gasteiger partial charge in [0.25, 0.3) is 0 Å². The summed E-state index contributed by atoms with van der Waals surface area (Å²) in [5.74, 6) is 0. The Morgan fingerprint density at radius 3 is 3.07 bits per heavy atom. The smallest absolute Gasteiger partial charge is 0.0457 e. The molecule has 0 aliphatic rings. The van der Waals surface area contributed by atoms with Gasteiger partial charge >= 0.3 is 0 Å². The van der Waals surface area contributed by atoms with Gasteiger partial charge in [0.1, 0.15) is 0 Å². The number of rotatable bonds is 4. The van der Waals surface area contributed by atoms with Gasteiger partial charge in [0.15, 0.2) is 0 Å². The molecule has 0 amide bonds. The largest absolute Gasteiger partial charge is 0.361 e. The maximum Gasteiger partial charge on any atom is 0.0457 e. The molecule has 0 aliphatic carbocycles. The van der Waals surface area contributed by atoms with Crippen LogP contribution in [0.1, 0.15) is 12.5 Å². The van der Waals surface area contributed by atoms with Gasteiger partial charge in [0.05, 0.1) is 0 Å². The van der Waals surface area contributed by atoms with Crippen LogP contribution in [0.2, 0.25) is 0 Å². The maximum absolute atomic E-state index is 5.54. The van der Waals surface area contributed by atoms with Gasteiger partial charge in [-0.3, -0.25) is 0 Å². The first kappa shape index (κ1) is 10.2. The van der Waals surface area contributed by atoms with E-state index in [2.05, 4.69) is 41.5 Å². The van der Waals surface area contributed by atoms with Gasteiger partial charge in [0, 0.05) is 30.8 Å². The predicted octanol–water partition coefficient (Wildman–Crippen LogP) is 1.60. The average Bonchev–Trinajstić information content (AvgIpc) is 2.72. The molecular formula is C12H17N3. The molecule has 0 saturated carbocycles. The minimum atomic E-state index is 0.365. The van der Waals surface area contributed by atoms with Gasteiger partial charge in [-0.1, -0.05) is 12.1 Å². The van der Waals surface area contributed by atoms with Crippen molar-refractivity contribution in [3.05, 3.63) is 36.0 Å². The number of benzene rings is 1. The Bertz CT molecular complexity index is 433. The van der Waals surface area contributed by atoms with Crippen molar-refractivity contribution in [3.8, 4) is 0 Å². The zero-order valence-electron chi connectivity index (χ0n) is 8.96. The van der Waals surface area contributed by atoms with Crippen LogP contribution in [-0.2, 0) is 6.54 Å². The van der Waals surface area contributed by atoms with Gasteiger partial charge in [-0.15, -0.1) is 0 Å². The number of nitrogens with one attached hydrogen (secondary N) is 2. The summed E-state index contributed by atoms with van der Waals surface area (Å²) in [6.07, 6.45) is 1.96. The molecule has 3 heteroatoms. The first-order valence-electron chi connectivity index (χ1n) is 5.29. The molecule has 3 nitrogen and oxygen atoms in total. The van der Waals surface area contributed by atoms with E-state index in [0.717, 1.165) is 6.54 Å². The number of nitrogens with two attached hydrogens (primary N) is 1. The van der Waals surface area contributed by atoms with Crippen LogP contribution < -0.4 is 11.1 Å². The molecule has 1 unspecified atom stereocenters. The lowest BCUT2D eigenvalue weighted by molar-refractivity contribution is 0.556. The third kappa shape index (κ3) is 2.37. The number of aromatic amines is 1. The van der Waals surface area contributed by atoms with Crippen LogP contribution in [0.3, 0.4) is 0 Å². The number of fused-ring (bicyclic) bond motifs is 1. The third-order valence-corrected chi connectivity index (χ3v) is 2.63. The SMILES string of the molecule is CC(CN)NCc1ccc2cc[nH]c2c1. The Kier molecular flexibility index (Phi) is 3.04. The first-order valence-corrected chi connectivity index (χ1v) is 5.29. The van der Waals surface area contributed by atoms with Crippen molar-refractivity contribution in [1.82, 2.24) is 10.3 Å². The van der Waals surface area contributed by atoms with Crippen molar-refractivity contribution in [1.29, 1.82) is 0 Å². The van der Waals surface area contributed by atoms with Crippen LogP contribution >= 0.6 is 0 Å². The van der Waals surface area contributed by atoms with Crippen LogP contribution in [0, 0.1) is 0 Å². The Labute approximate surface area is 89.7 Å². The highest BCUT2D eigenvalue weighted by molar-refractivity contribution is 5.79. The highest BCUT2D eigenvalue weighted by atomic mass is 14.9. The van der Waals surface area contributed by atoms with Crippen LogP contribution in [0.15, 0.2) is 30.5 Å². The Hall–Kier alpha value is -1.32. The molecule has 1 heterocycles. The Morgan fingerprint density at radius 1 is 1.40 bits per heavy atom. The second-order valence-corrected chi connectivity index (χ2v) is 3.92. The van der Waals surface area contributed by atoms with E-state index in [-0.39, 0.29) is 0 Å². The fraction of sp³-hybridized carbons (Fsp3) is 0.333. The Morgan fingerprint density at radius 2 is 2.27 bits per heavy atom. The van der Waals surface area contributed by atoms with Crippen LogP contribution in [0.25, 0.3) is 10.9 Å². The summed E-state index contributed by atoms with van der Waals surface area (Å²) in [5.41, 5.74) is 8.01. The molecule has 1 aromatic carbocycles. The standard InChI is InChI=1S/C12H17N3/c1-9(7-13)15-8-10-2-3-11-4-5-14-12(11)6-10/h2-6,9,14-15H,7-8,13H2,1H3. The summed E-state index contributed by atoms with van der Waals surface area (Å²) < 4.78 is 0. The van der Waals surface area contributed by atoms with E-state index in [9.17, 15) is 0 Å². The zero-order chi connectivity index (χ0) is 10.7. The summed E-state index contributed by atoms with van der Waals surface area (Å²) in [6.45, 7) is 3.63. The van der Waals surface area contributed by atoms with E-state index in [1.807, 2.05) is 6.20 Å². The normalized spacial score (nSPS) is 13.2. The lowest BCUT2D eigenvalue weighted by Gasteiger charge is -2.10.